The van der Waals surface area contributed by atoms with Crippen LogP contribution in [0.25, 0.3) is 6.08 Å². The Kier molecular flexibility index (Phi) is 8.22. The van der Waals surface area contributed by atoms with Gasteiger partial charge in [-0.2, -0.15) is 0 Å². The molecule has 0 aliphatic carbocycles. The maximum atomic E-state index is 13.1. The van der Waals surface area contributed by atoms with Crippen LogP contribution in [0.4, 0.5) is 5.69 Å². The zero-order valence-corrected chi connectivity index (χ0v) is 19.9. The molecular formula is C24H19Cl3N2O4. The number of rotatable bonds is 7. The second kappa shape index (κ2) is 11.1. The Bertz CT molecular complexity index is 1210. The van der Waals surface area contributed by atoms with E-state index in [9.17, 15) is 9.59 Å². The minimum absolute atomic E-state index is 0.00626. The molecule has 0 fully saturated rings. The summed E-state index contributed by atoms with van der Waals surface area (Å²) in [7, 11) is 3.03. The van der Waals surface area contributed by atoms with Crippen molar-refractivity contribution in [2.75, 3.05) is 19.5 Å². The molecule has 3 aromatic carbocycles. The van der Waals surface area contributed by atoms with Crippen LogP contribution in [-0.2, 0) is 4.79 Å². The molecule has 0 radical (unpaired) electrons. The fourth-order valence-electron chi connectivity index (χ4n) is 2.84. The maximum absolute atomic E-state index is 13.1. The number of ether oxygens (including phenoxy) is 2. The van der Waals surface area contributed by atoms with Gasteiger partial charge in [0.2, 0.25) is 0 Å². The minimum atomic E-state index is -0.564. The fourth-order valence-corrected chi connectivity index (χ4v) is 3.26. The zero-order valence-electron chi connectivity index (χ0n) is 17.6. The van der Waals surface area contributed by atoms with Crippen molar-refractivity contribution in [3.8, 4) is 11.5 Å². The van der Waals surface area contributed by atoms with Gasteiger partial charge in [-0.05, 0) is 66.2 Å². The SMILES string of the molecule is COc1ccc(/C=C(/NC(=O)c2ccc(Cl)cc2)C(=O)Nc2ccc(Cl)c(Cl)c2)cc1OC. The summed E-state index contributed by atoms with van der Waals surface area (Å²) in [6.45, 7) is 0. The van der Waals surface area contributed by atoms with Crippen LogP contribution in [0.15, 0.2) is 66.4 Å². The van der Waals surface area contributed by atoms with Crippen molar-refractivity contribution in [2.45, 2.75) is 0 Å². The smallest absolute Gasteiger partial charge is 0.272 e. The van der Waals surface area contributed by atoms with E-state index in [1.807, 2.05) is 0 Å². The Hall–Kier alpha value is -3.19. The predicted octanol–water partition coefficient (Wildman–Crippen LogP) is 6.07. The summed E-state index contributed by atoms with van der Waals surface area (Å²) in [5.74, 6) is -0.0469. The van der Waals surface area contributed by atoms with Crippen LogP contribution in [0, 0.1) is 0 Å². The number of hydrogen-bond acceptors (Lipinski definition) is 4. The van der Waals surface area contributed by atoms with Gasteiger partial charge in [-0.1, -0.05) is 40.9 Å². The summed E-state index contributed by atoms with van der Waals surface area (Å²) in [4.78, 5) is 25.8. The molecule has 0 saturated heterocycles. The Morgan fingerprint density at radius 2 is 1.52 bits per heavy atom. The fraction of sp³-hybridized carbons (Fsp3) is 0.0833. The van der Waals surface area contributed by atoms with Crippen LogP contribution in [-0.4, -0.2) is 26.0 Å². The summed E-state index contributed by atoms with van der Waals surface area (Å²) < 4.78 is 10.6. The van der Waals surface area contributed by atoms with Crippen LogP contribution in [0.2, 0.25) is 15.1 Å². The summed E-state index contributed by atoms with van der Waals surface area (Å²) >= 11 is 17.9. The van der Waals surface area contributed by atoms with Gasteiger partial charge in [0.25, 0.3) is 11.8 Å². The van der Waals surface area contributed by atoms with E-state index in [4.69, 9.17) is 44.3 Å². The molecule has 0 unspecified atom stereocenters. The number of methoxy groups -OCH3 is 2. The van der Waals surface area contributed by atoms with Crippen LogP contribution < -0.4 is 20.1 Å². The lowest BCUT2D eigenvalue weighted by Crippen LogP contribution is -2.30. The molecule has 6 nitrogen and oxygen atoms in total. The molecule has 9 heteroatoms. The molecule has 0 aromatic heterocycles. The second-order valence-electron chi connectivity index (χ2n) is 6.72. The van der Waals surface area contributed by atoms with E-state index < -0.39 is 11.8 Å². The van der Waals surface area contributed by atoms with Crippen molar-refractivity contribution in [1.29, 1.82) is 0 Å². The molecule has 0 atom stereocenters. The molecule has 0 aliphatic heterocycles. The van der Waals surface area contributed by atoms with E-state index in [0.29, 0.717) is 38.4 Å². The topological polar surface area (TPSA) is 76.7 Å². The zero-order chi connectivity index (χ0) is 24.0. The van der Waals surface area contributed by atoms with Crippen molar-refractivity contribution < 1.29 is 19.1 Å². The van der Waals surface area contributed by atoms with Crippen LogP contribution >= 0.6 is 34.8 Å². The number of carbonyl (C=O) groups excluding carboxylic acids is 2. The minimum Gasteiger partial charge on any atom is -0.493 e. The van der Waals surface area contributed by atoms with Gasteiger partial charge in [-0.3, -0.25) is 9.59 Å². The maximum Gasteiger partial charge on any atom is 0.272 e. The Balaban J connectivity index is 1.94. The average Bonchev–Trinajstić information content (AvgIpc) is 2.81. The molecule has 0 bridgehead atoms. The highest BCUT2D eigenvalue weighted by Crippen LogP contribution is 2.29. The van der Waals surface area contributed by atoms with Gasteiger partial charge in [0.05, 0.1) is 24.3 Å². The summed E-state index contributed by atoms with van der Waals surface area (Å²) in [5, 5.41) is 6.48. The number of halogens is 3. The lowest BCUT2D eigenvalue weighted by atomic mass is 10.1. The highest BCUT2D eigenvalue weighted by Gasteiger charge is 2.16. The first-order valence-electron chi connectivity index (χ1n) is 9.57. The van der Waals surface area contributed by atoms with E-state index >= 15 is 0 Å². The Morgan fingerprint density at radius 3 is 2.15 bits per heavy atom. The predicted molar refractivity (Wildman–Crippen MR) is 132 cm³/mol. The first kappa shape index (κ1) is 24.5. The number of hydrogen-bond donors (Lipinski definition) is 2. The van der Waals surface area contributed by atoms with E-state index in [1.54, 1.807) is 54.6 Å². The van der Waals surface area contributed by atoms with Gasteiger partial charge in [-0.15, -0.1) is 0 Å². The third kappa shape index (κ3) is 6.42. The van der Waals surface area contributed by atoms with Crippen LogP contribution in [0.1, 0.15) is 15.9 Å². The molecule has 0 spiro atoms. The van der Waals surface area contributed by atoms with E-state index in [1.165, 1.54) is 26.4 Å². The molecule has 3 aromatic rings. The van der Waals surface area contributed by atoms with Gasteiger partial charge in [0, 0.05) is 16.3 Å². The first-order valence-corrected chi connectivity index (χ1v) is 10.7. The molecule has 2 amide bonds. The Morgan fingerprint density at radius 1 is 0.818 bits per heavy atom. The van der Waals surface area contributed by atoms with Gasteiger partial charge in [0.1, 0.15) is 5.70 Å². The number of carbonyl (C=O) groups is 2. The van der Waals surface area contributed by atoms with Crippen molar-refractivity contribution >= 4 is 58.4 Å². The molecule has 0 heterocycles. The normalized spacial score (nSPS) is 11.0. The molecular weight excluding hydrogens is 487 g/mol. The van der Waals surface area contributed by atoms with Gasteiger partial charge >= 0.3 is 0 Å². The van der Waals surface area contributed by atoms with Crippen molar-refractivity contribution in [3.63, 3.8) is 0 Å². The number of amides is 2. The molecule has 33 heavy (non-hydrogen) atoms. The van der Waals surface area contributed by atoms with E-state index in [-0.39, 0.29) is 10.7 Å². The number of benzene rings is 3. The Labute approximate surface area is 206 Å². The van der Waals surface area contributed by atoms with Crippen LogP contribution in [0.3, 0.4) is 0 Å². The second-order valence-corrected chi connectivity index (χ2v) is 7.97. The summed E-state index contributed by atoms with van der Waals surface area (Å²) in [6.07, 6.45) is 1.52. The monoisotopic (exact) mass is 504 g/mol. The average molecular weight is 506 g/mol. The van der Waals surface area contributed by atoms with Crippen molar-refractivity contribution in [2.24, 2.45) is 0 Å². The standard InChI is InChI=1S/C24H19Cl3N2O4/c1-32-21-10-3-14(12-22(21)33-2)11-20(29-23(30)15-4-6-16(25)7-5-15)24(31)28-17-8-9-18(26)19(27)13-17/h3-13H,1-2H3,(H,28,31)(H,29,30)/b20-11+. The highest BCUT2D eigenvalue weighted by atomic mass is 35.5. The summed E-state index contributed by atoms with van der Waals surface area (Å²) in [6, 6.07) is 16.1. The molecule has 170 valence electrons. The summed E-state index contributed by atoms with van der Waals surface area (Å²) in [5.41, 5.74) is 1.34. The highest BCUT2D eigenvalue weighted by molar-refractivity contribution is 6.42. The quantitative estimate of drug-likeness (QED) is 0.382. The third-order valence-electron chi connectivity index (χ3n) is 4.50. The number of nitrogens with one attached hydrogen (secondary N) is 2. The molecule has 2 N–H and O–H groups in total. The lowest BCUT2D eigenvalue weighted by Gasteiger charge is -2.13. The third-order valence-corrected chi connectivity index (χ3v) is 5.49. The van der Waals surface area contributed by atoms with Crippen molar-refractivity contribution in [1.82, 2.24) is 5.32 Å². The van der Waals surface area contributed by atoms with E-state index in [2.05, 4.69) is 10.6 Å². The molecule has 3 rings (SSSR count). The lowest BCUT2D eigenvalue weighted by molar-refractivity contribution is -0.113. The molecule has 0 aliphatic rings. The van der Waals surface area contributed by atoms with Crippen LogP contribution in [0.5, 0.6) is 11.5 Å². The largest absolute Gasteiger partial charge is 0.493 e. The molecule has 0 saturated carbocycles. The van der Waals surface area contributed by atoms with Gasteiger partial charge < -0.3 is 20.1 Å². The number of anilines is 1. The van der Waals surface area contributed by atoms with Gasteiger partial charge in [-0.25, -0.2) is 0 Å². The van der Waals surface area contributed by atoms with E-state index in [0.717, 1.165) is 0 Å². The first-order chi connectivity index (χ1) is 15.8. The van der Waals surface area contributed by atoms with Crippen molar-refractivity contribution in [3.05, 3.63) is 92.6 Å². The van der Waals surface area contributed by atoms with Gasteiger partial charge in [0.15, 0.2) is 11.5 Å².